The molecule has 0 aliphatic carbocycles. The van der Waals surface area contributed by atoms with Gasteiger partial charge in [-0.2, -0.15) is 0 Å². The zero-order valence-electron chi connectivity index (χ0n) is 11.1. The summed E-state index contributed by atoms with van der Waals surface area (Å²) in [6.45, 7) is 7.02. The number of methoxy groups -OCH3 is 1. The van der Waals surface area contributed by atoms with Crippen molar-refractivity contribution in [3.05, 3.63) is 29.8 Å². The van der Waals surface area contributed by atoms with Crippen molar-refractivity contribution < 1.29 is 4.74 Å². The van der Waals surface area contributed by atoms with Gasteiger partial charge in [-0.25, -0.2) is 0 Å². The lowest BCUT2D eigenvalue weighted by atomic mass is 9.96. The smallest absolute Gasteiger partial charge is 0.119 e. The van der Waals surface area contributed by atoms with Gasteiger partial charge in [-0.3, -0.25) is 0 Å². The summed E-state index contributed by atoms with van der Waals surface area (Å²) in [4.78, 5) is 2.60. The molecule has 1 aliphatic rings. The normalized spacial score (nSPS) is 25.1. The van der Waals surface area contributed by atoms with Gasteiger partial charge in [0.1, 0.15) is 5.75 Å². The average molecular weight is 233 g/mol. The molecule has 0 radical (unpaired) electrons. The Labute approximate surface area is 105 Å². The van der Waals surface area contributed by atoms with E-state index in [4.69, 9.17) is 4.74 Å². The predicted molar refractivity (Wildman–Crippen MR) is 71.7 cm³/mol. The van der Waals surface area contributed by atoms with Gasteiger partial charge in [0.05, 0.1) is 7.11 Å². The van der Waals surface area contributed by atoms with Gasteiger partial charge in [0, 0.05) is 12.6 Å². The SMILES string of the molecule is CCCN1C[C@@H](c2cccc(OC)c2)C[C@@H]1C. The van der Waals surface area contributed by atoms with E-state index in [2.05, 4.69) is 36.9 Å². The van der Waals surface area contributed by atoms with Crippen LogP contribution in [0.1, 0.15) is 38.2 Å². The molecule has 0 unspecified atom stereocenters. The number of rotatable bonds is 4. The second-order valence-electron chi connectivity index (χ2n) is 5.05. The van der Waals surface area contributed by atoms with Gasteiger partial charge in [-0.05, 0) is 49.9 Å². The van der Waals surface area contributed by atoms with Gasteiger partial charge in [-0.1, -0.05) is 19.1 Å². The van der Waals surface area contributed by atoms with Crippen LogP contribution in [0.5, 0.6) is 5.75 Å². The number of benzene rings is 1. The first kappa shape index (κ1) is 12.4. The molecule has 0 aromatic heterocycles. The van der Waals surface area contributed by atoms with E-state index in [1.165, 1.54) is 31.5 Å². The molecule has 0 N–H and O–H groups in total. The van der Waals surface area contributed by atoms with E-state index in [9.17, 15) is 0 Å². The van der Waals surface area contributed by atoms with E-state index in [0.717, 1.165) is 5.75 Å². The van der Waals surface area contributed by atoms with Crippen molar-refractivity contribution in [1.29, 1.82) is 0 Å². The van der Waals surface area contributed by atoms with Crippen LogP contribution in [0.3, 0.4) is 0 Å². The Bertz CT molecular complexity index is 364. The fourth-order valence-electron chi connectivity index (χ4n) is 2.83. The molecule has 94 valence electrons. The molecule has 17 heavy (non-hydrogen) atoms. The molecule has 0 saturated carbocycles. The van der Waals surface area contributed by atoms with Gasteiger partial charge in [0.15, 0.2) is 0 Å². The summed E-state index contributed by atoms with van der Waals surface area (Å²) >= 11 is 0. The lowest BCUT2D eigenvalue weighted by Crippen LogP contribution is -2.27. The van der Waals surface area contributed by atoms with E-state index in [-0.39, 0.29) is 0 Å². The molecule has 1 aromatic carbocycles. The van der Waals surface area contributed by atoms with Crippen molar-refractivity contribution in [3.8, 4) is 5.75 Å². The van der Waals surface area contributed by atoms with Crippen LogP contribution >= 0.6 is 0 Å². The number of likely N-dealkylation sites (tertiary alicyclic amines) is 1. The molecule has 1 aromatic rings. The Hall–Kier alpha value is -1.02. The Morgan fingerprint density at radius 1 is 1.41 bits per heavy atom. The lowest BCUT2D eigenvalue weighted by Gasteiger charge is -2.19. The van der Waals surface area contributed by atoms with Crippen molar-refractivity contribution in [2.45, 2.75) is 38.6 Å². The first-order valence-corrected chi connectivity index (χ1v) is 6.62. The van der Waals surface area contributed by atoms with Crippen molar-refractivity contribution in [1.82, 2.24) is 4.90 Å². The summed E-state index contributed by atoms with van der Waals surface area (Å²) in [5.41, 5.74) is 1.43. The highest BCUT2D eigenvalue weighted by Gasteiger charge is 2.29. The molecule has 0 bridgehead atoms. The van der Waals surface area contributed by atoms with E-state index in [1.807, 2.05) is 6.07 Å². The summed E-state index contributed by atoms with van der Waals surface area (Å²) in [5.74, 6) is 1.65. The number of ether oxygens (including phenoxy) is 1. The minimum atomic E-state index is 0.673. The van der Waals surface area contributed by atoms with E-state index in [1.54, 1.807) is 7.11 Å². The fraction of sp³-hybridized carbons (Fsp3) is 0.600. The van der Waals surface area contributed by atoms with E-state index < -0.39 is 0 Å². The molecule has 0 spiro atoms. The molecule has 2 atom stereocenters. The molecule has 1 fully saturated rings. The second-order valence-corrected chi connectivity index (χ2v) is 5.05. The standard InChI is InChI=1S/C15H23NO/c1-4-8-16-11-14(9-12(16)2)13-6-5-7-15(10-13)17-3/h5-7,10,12,14H,4,8-9,11H2,1-3H3/t12-,14-/m0/s1. The molecule has 1 saturated heterocycles. The molecular formula is C15H23NO. The van der Waals surface area contributed by atoms with Crippen LogP contribution in [0.4, 0.5) is 0 Å². The topological polar surface area (TPSA) is 12.5 Å². The first-order valence-electron chi connectivity index (χ1n) is 6.62. The van der Waals surface area contributed by atoms with Crippen LogP contribution in [-0.4, -0.2) is 31.1 Å². The highest BCUT2D eigenvalue weighted by molar-refractivity contribution is 5.31. The maximum absolute atomic E-state index is 5.30. The van der Waals surface area contributed by atoms with Gasteiger partial charge < -0.3 is 9.64 Å². The third-order valence-electron chi connectivity index (χ3n) is 3.78. The molecular weight excluding hydrogens is 210 g/mol. The highest BCUT2D eigenvalue weighted by atomic mass is 16.5. The largest absolute Gasteiger partial charge is 0.497 e. The molecule has 0 amide bonds. The molecule has 2 heteroatoms. The average Bonchev–Trinajstić information content (AvgIpc) is 2.72. The van der Waals surface area contributed by atoms with Crippen LogP contribution < -0.4 is 4.74 Å². The van der Waals surface area contributed by atoms with Gasteiger partial charge >= 0.3 is 0 Å². The van der Waals surface area contributed by atoms with E-state index >= 15 is 0 Å². The van der Waals surface area contributed by atoms with Crippen LogP contribution in [0, 0.1) is 0 Å². The van der Waals surface area contributed by atoms with Gasteiger partial charge in [0.2, 0.25) is 0 Å². The minimum Gasteiger partial charge on any atom is -0.497 e. The Morgan fingerprint density at radius 3 is 2.94 bits per heavy atom. The Balaban J connectivity index is 2.08. The van der Waals surface area contributed by atoms with Crippen molar-refractivity contribution >= 4 is 0 Å². The molecule has 1 aliphatic heterocycles. The number of hydrogen-bond acceptors (Lipinski definition) is 2. The molecule has 1 heterocycles. The molecule has 2 rings (SSSR count). The third kappa shape index (κ3) is 2.81. The monoisotopic (exact) mass is 233 g/mol. The van der Waals surface area contributed by atoms with Crippen LogP contribution in [0.25, 0.3) is 0 Å². The Morgan fingerprint density at radius 2 is 2.24 bits per heavy atom. The zero-order valence-corrected chi connectivity index (χ0v) is 11.1. The number of nitrogens with zero attached hydrogens (tertiary/aromatic N) is 1. The summed E-state index contributed by atoms with van der Waals surface area (Å²) in [6, 6.07) is 9.25. The van der Waals surface area contributed by atoms with E-state index in [0.29, 0.717) is 12.0 Å². The maximum Gasteiger partial charge on any atom is 0.119 e. The number of hydrogen-bond donors (Lipinski definition) is 0. The van der Waals surface area contributed by atoms with Crippen LogP contribution in [0.15, 0.2) is 24.3 Å². The lowest BCUT2D eigenvalue weighted by molar-refractivity contribution is 0.268. The summed E-state index contributed by atoms with van der Waals surface area (Å²) in [6.07, 6.45) is 2.52. The van der Waals surface area contributed by atoms with Crippen LogP contribution in [-0.2, 0) is 0 Å². The van der Waals surface area contributed by atoms with Crippen molar-refractivity contribution in [2.24, 2.45) is 0 Å². The fourth-order valence-corrected chi connectivity index (χ4v) is 2.83. The quantitative estimate of drug-likeness (QED) is 0.791. The van der Waals surface area contributed by atoms with Crippen molar-refractivity contribution in [2.75, 3.05) is 20.2 Å². The summed E-state index contributed by atoms with van der Waals surface area (Å²) < 4.78 is 5.30. The minimum absolute atomic E-state index is 0.673. The van der Waals surface area contributed by atoms with Crippen molar-refractivity contribution in [3.63, 3.8) is 0 Å². The van der Waals surface area contributed by atoms with Gasteiger partial charge in [0.25, 0.3) is 0 Å². The second kappa shape index (κ2) is 5.54. The van der Waals surface area contributed by atoms with Crippen LogP contribution in [0.2, 0.25) is 0 Å². The highest BCUT2D eigenvalue weighted by Crippen LogP contribution is 2.32. The summed E-state index contributed by atoms with van der Waals surface area (Å²) in [5, 5.41) is 0. The first-order chi connectivity index (χ1) is 8.24. The maximum atomic E-state index is 5.30. The predicted octanol–water partition coefficient (Wildman–Crippen LogP) is 3.28. The molecule has 2 nitrogen and oxygen atoms in total. The summed E-state index contributed by atoms with van der Waals surface area (Å²) in [7, 11) is 1.74. The van der Waals surface area contributed by atoms with Gasteiger partial charge in [-0.15, -0.1) is 0 Å². The third-order valence-corrected chi connectivity index (χ3v) is 3.78. The Kier molecular flexibility index (Phi) is 4.06. The zero-order chi connectivity index (χ0) is 12.3.